The fourth-order valence-electron chi connectivity index (χ4n) is 7.14. The highest BCUT2D eigenvalue weighted by Crippen LogP contribution is 2.53. The van der Waals surface area contributed by atoms with Crippen LogP contribution in [0.1, 0.15) is 36.1 Å². The molecule has 0 amide bonds. The lowest BCUT2D eigenvalue weighted by Crippen LogP contribution is -2.30. The Kier molecular flexibility index (Phi) is 5.88. The van der Waals surface area contributed by atoms with E-state index in [0.29, 0.717) is 11.1 Å². The number of fused-ring (bicyclic) bond motifs is 5. The first-order chi connectivity index (χ1) is 22.0. The first-order valence-electron chi connectivity index (χ1n) is 15.1. The summed E-state index contributed by atoms with van der Waals surface area (Å²) in [6.07, 6.45) is 0. The van der Waals surface area contributed by atoms with Crippen molar-refractivity contribution in [3.05, 3.63) is 156 Å². The van der Waals surface area contributed by atoms with Gasteiger partial charge in [0.1, 0.15) is 0 Å². The summed E-state index contributed by atoms with van der Waals surface area (Å²) in [6.45, 7) is 4.55. The maximum absolute atomic E-state index is 10.1. The van der Waals surface area contributed by atoms with Crippen molar-refractivity contribution in [2.24, 2.45) is 0 Å². The topological polar surface area (TPSA) is 55.8 Å². The molecule has 0 bridgehead atoms. The average molecular weight is 577 g/mol. The molecule has 0 N–H and O–H groups in total. The van der Waals surface area contributed by atoms with Crippen LogP contribution >= 0.6 is 0 Å². The predicted molar refractivity (Wildman–Crippen MR) is 182 cm³/mol. The van der Waals surface area contributed by atoms with Crippen LogP contribution in [0.3, 0.4) is 0 Å². The fourth-order valence-corrected chi connectivity index (χ4v) is 7.14. The minimum Gasteiger partial charge on any atom is -0.309 e. The van der Waals surface area contributed by atoms with Crippen molar-refractivity contribution < 1.29 is 0 Å². The Balaban J connectivity index is 1.48. The average Bonchev–Trinajstić information content (AvgIpc) is 3.42. The molecular weight excluding hydrogens is 548 g/mol. The second kappa shape index (κ2) is 9.98. The van der Waals surface area contributed by atoms with Crippen LogP contribution in [0.5, 0.6) is 0 Å². The highest BCUT2D eigenvalue weighted by atomic mass is 15.2. The summed E-state index contributed by atoms with van der Waals surface area (Å²) in [6, 6.07) is 50.5. The molecule has 4 nitrogen and oxygen atoms in total. The number of aromatic nitrogens is 1. The van der Waals surface area contributed by atoms with Gasteiger partial charge in [-0.1, -0.05) is 86.6 Å². The molecule has 7 aromatic rings. The van der Waals surface area contributed by atoms with Crippen molar-refractivity contribution in [2.75, 3.05) is 4.90 Å². The van der Waals surface area contributed by atoms with Gasteiger partial charge in [0.15, 0.2) is 0 Å². The molecule has 4 heteroatoms. The van der Waals surface area contributed by atoms with Gasteiger partial charge in [-0.3, -0.25) is 0 Å². The third kappa shape index (κ3) is 3.90. The molecule has 0 spiro atoms. The lowest BCUT2D eigenvalue weighted by Gasteiger charge is -2.42. The standard InChI is InChI=1S/C41H28N4/c1-41(2)33-13-5-9-17-39(33)45(40-18-10-6-14-34(40)41)38-22-20-28(26-43)24-32(38)31-23-27(25-42)19-21-37(31)44-35-15-7-3-11-29(35)30-12-4-8-16-36(30)44/h3-24H,1-2H3. The second-order valence-electron chi connectivity index (χ2n) is 12.1. The van der Waals surface area contributed by atoms with Crippen molar-refractivity contribution in [2.45, 2.75) is 19.3 Å². The van der Waals surface area contributed by atoms with Crippen molar-refractivity contribution >= 4 is 38.9 Å². The maximum Gasteiger partial charge on any atom is 0.0991 e. The number of nitrogens with zero attached hydrogens (tertiary/aromatic N) is 4. The van der Waals surface area contributed by atoms with Crippen molar-refractivity contribution in [1.82, 2.24) is 4.57 Å². The van der Waals surface area contributed by atoms with Gasteiger partial charge in [-0.2, -0.15) is 10.5 Å². The number of hydrogen-bond acceptors (Lipinski definition) is 3. The third-order valence-corrected chi connectivity index (χ3v) is 9.24. The van der Waals surface area contributed by atoms with Gasteiger partial charge in [-0.15, -0.1) is 0 Å². The lowest BCUT2D eigenvalue weighted by molar-refractivity contribution is 0.632. The molecule has 212 valence electrons. The van der Waals surface area contributed by atoms with E-state index in [0.717, 1.165) is 55.7 Å². The molecule has 0 saturated carbocycles. The van der Waals surface area contributed by atoms with Gasteiger partial charge in [0.25, 0.3) is 0 Å². The van der Waals surface area contributed by atoms with Gasteiger partial charge in [0.2, 0.25) is 0 Å². The zero-order chi connectivity index (χ0) is 30.7. The Morgan fingerprint density at radius 1 is 0.489 bits per heavy atom. The van der Waals surface area contributed by atoms with Crippen LogP contribution in [0.4, 0.5) is 17.1 Å². The Labute approximate surface area is 262 Å². The highest BCUT2D eigenvalue weighted by Gasteiger charge is 2.37. The van der Waals surface area contributed by atoms with E-state index in [1.54, 1.807) is 0 Å². The summed E-state index contributed by atoms with van der Waals surface area (Å²) in [5, 5.41) is 22.5. The zero-order valence-corrected chi connectivity index (χ0v) is 25.0. The van der Waals surface area contributed by atoms with Gasteiger partial charge in [0.05, 0.1) is 57.0 Å². The molecule has 8 rings (SSSR count). The number of anilines is 3. The molecule has 0 aliphatic carbocycles. The molecule has 1 aliphatic heterocycles. The summed E-state index contributed by atoms with van der Waals surface area (Å²) in [4.78, 5) is 2.32. The molecule has 0 fully saturated rings. The quantitative estimate of drug-likeness (QED) is 0.210. The molecular formula is C41H28N4. The van der Waals surface area contributed by atoms with Crippen molar-refractivity contribution in [1.29, 1.82) is 10.5 Å². The maximum atomic E-state index is 10.1. The van der Waals surface area contributed by atoms with Crippen LogP contribution in [-0.2, 0) is 5.41 Å². The van der Waals surface area contributed by atoms with E-state index in [1.165, 1.54) is 11.1 Å². The first-order valence-corrected chi connectivity index (χ1v) is 15.1. The summed E-state index contributed by atoms with van der Waals surface area (Å²) < 4.78 is 2.28. The Morgan fingerprint density at radius 3 is 1.47 bits per heavy atom. The summed E-state index contributed by atoms with van der Waals surface area (Å²) >= 11 is 0. The fraction of sp³-hybridized carbons (Fsp3) is 0.0732. The van der Waals surface area contributed by atoms with E-state index in [1.807, 2.05) is 30.3 Å². The van der Waals surface area contributed by atoms with E-state index in [9.17, 15) is 10.5 Å². The monoisotopic (exact) mass is 576 g/mol. The SMILES string of the molecule is CC1(C)c2ccccc2N(c2ccc(C#N)cc2-c2cc(C#N)ccc2-n2c3ccccc3c3ccccc32)c2ccccc21. The van der Waals surface area contributed by atoms with Crippen LogP contribution in [0.15, 0.2) is 133 Å². The van der Waals surface area contributed by atoms with Gasteiger partial charge in [0, 0.05) is 27.3 Å². The molecule has 0 radical (unpaired) electrons. The van der Waals surface area contributed by atoms with Gasteiger partial charge < -0.3 is 9.47 Å². The molecule has 1 aliphatic rings. The molecule has 2 heterocycles. The van der Waals surface area contributed by atoms with Crippen LogP contribution in [-0.4, -0.2) is 4.57 Å². The lowest BCUT2D eigenvalue weighted by atomic mass is 9.73. The number of para-hydroxylation sites is 4. The number of rotatable bonds is 3. The van der Waals surface area contributed by atoms with Gasteiger partial charge in [-0.05, 0) is 71.8 Å². The van der Waals surface area contributed by atoms with E-state index in [-0.39, 0.29) is 5.41 Å². The first kappa shape index (κ1) is 26.5. The van der Waals surface area contributed by atoms with Crippen LogP contribution in [0.2, 0.25) is 0 Å². The minimum absolute atomic E-state index is 0.203. The van der Waals surface area contributed by atoms with Crippen molar-refractivity contribution in [3.63, 3.8) is 0 Å². The number of nitriles is 2. The van der Waals surface area contributed by atoms with Crippen LogP contribution < -0.4 is 4.90 Å². The normalized spacial score (nSPS) is 13.2. The molecule has 0 unspecified atom stereocenters. The highest BCUT2D eigenvalue weighted by molar-refractivity contribution is 6.10. The molecule has 0 saturated heterocycles. The molecule has 0 atom stereocenters. The van der Waals surface area contributed by atoms with E-state index in [4.69, 9.17) is 0 Å². The predicted octanol–water partition coefficient (Wildman–Crippen LogP) is 10.3. The van der Waals surface area contributed by atoms with Crippen molar-refractivity contribution in [3.8, 4) is 29.0 Å². The Morgan fingerprint density at radius 2 is 0.933 bits per heavy atom. The number of hydrogen-bond donors (Lipinski definition) is 0. The third-order valence-electron chi connectivity index (χ3n) is 9.24. The number of benzene rings is 6. The molecule has 6 aromatic carbocycles. The summed E-state index contributed by atoms with van der Waals surface area (Å²) in [7, 11) is 0. The summed E-state index contributed by atoms with van der Waals surface area (Å²) in [5.74, 6) is 0. The van der Waals surface area contributed by atoms with E-state index >= 15 is 0 Å². The Bertz CT molecular complexity index is 2290. The van der Waals surface area contributed by atoms with Gasteiger partial charge in [-0.25, -0.2) is 0 Å². The largest absolute Gasteiger partial charge is 0.309 e. The van der Waals surface area contributed by atoms with E-state index < -0.39 is 0 Å². The minimum atomic E-state index is -0.203. The molecule has 1 aromatic heterocycles. The second-order valence-corrected chi connectivity index (χ2v) is 12.1. The zero-order valence-electron chi connectivity index (χ0n) is 25.0. The summed E-state index contributed by atoms with van der Waals surface area (Å²) in [5.41, 5.74) is 11.4. The smallest absolute Gasteiger partial charge is 0.0991 e. The van der Waals surface area contributed by atoms with Crippen LogP contribution in [0, 0.1) is 22.7 Å². The molecule has 45 heavy (non-hydrogen) atoms. The van der Waals surface area contributed by atoms with Crippen LogP contribution in [0.25, 0.3) is 38.6 Å². The van der Waals surface area contributed by atoms with Gasteiger partial charge >= 0.3 is 0 Å². The Hall–Kier alpha value is -6.10. The van der Waals surface area contributed by atoms with E-state index in [2.05, 4.69) is 139 Å².